The minimum atomic E-state index is -0.486. The fraction of sp³-hybridized carbons (Fsp3) is 0.444. The Balaban J connectivity index is 1.71. The van der Waals surface area contributed by atoms with Crippen molar-refractivity contribution in [3.63, 3.8) is 0 Å². The van der Waals surface area contributed by atoms with E-state index in [1.165, 1.54) is 0 Å². The first kappa shape index (κ1) is 17.0. The van der Waals surface area contributed by atoms with Gasteiger partial charge in [-0.25, -0.2) is 4.79 Å². The monoisotopic (exact) mass is 392 g/mol. The SMILES string of the molecule is CC(C)(C)OC(=O)N1CCC(Oc2cc(Br)cc3cccnc23)C1. The van der Waals surface area contributed by atoms with Crippen molar-refractivity contribution >= 4 is 32.9 Å². The van der Waals surface area contributed by atoms with Gasteiger partial charge >= 0.3 is 6.09 Å². The van der Waals surface area contributed by atoms with Gasteiger partial charge in [-0.15, -0.1) is 0 Å². The smallest absolute Gasteiger partial charge is 0.410 e. The molecule has 0 bridgehead atoms. The van der Waals surface area contributed by atoms with Crippen LogP contribution in [-0.2, 0) is 4.74 Å². The number of nitrogens with zero attached hydrogens (tertiary/aromatic N) is 2. The van der Waals surface area contributed by atoms with Gasteiger partial charge in [0.1, 0.15) is 23.0 Å². The van der Waals surface area contributed by atoms with E-state index in [1.807, 2.05) is 45.0 Å². The molecule has 1 aromatic carbocycles. The number of halogens is 1. The van der Waals surface area contributed by atoms with Crippen molar-refractivity contribution < 1.29 is 14.3 Å². The van der Waals surface area contributed by atoms with Crippen LogP contribution < -0.4 is 4.74 Å². The lowest BCUT2D eigenvalue weighted by Gasteiger charge is -2.24. The van der Waals surface area contributed by atoms with Crippen molar-refractivity contribution in [2.24, 2.45) is 0 Å². The average molecular weight is 393 g/mol. The summed E-state index contributed by atoms with van der Waals surface area (Å²) in [6.07, 6.45) is 2.19. The summed E-state index contributed by atoms with van der Waals surface area (Å²) in [5.41, 5.74) is 0.344. The molecule has 0 radical (unpaired) electrons. The second-order valence-electron chi connectivity index (χ2n) is 6.93. The molecule has 24 heavy (non-hydrogen) atoms. The first-order chi connectivity index (χ1) is 11.3. The highest BCUT2D eigenvalue weighted by molar-refractivity contribution is 9.10. The number of benzene rings is 1. The first-order valence-corrected chi connectivity index (χ1v) is 8.80. The van der Waals surface area contributed by atoms with E-state index < -0.39 is 5.60 Å². The summed E-state index contributed by atoms with van der Waals surface area (Å²) in [4.78, 5) is 18.3. The molecule has 128 valence electrons. The van der Waals surface area contributed by atoms with Crippen LogP contribution in [0.15, 0.2) is 34.9 Å². The molecular weight excluding hydrogens is 372 g/mol. The number of carbonyl (C=O) groups is 1. The molecule has 0 aliphatic carbocycles. The van der Waals surface area contributed by atoms with Crippen LogP contribution in [0.1, 0.15) is 27.2 Å². The van der Waals surface area contributed by atoms with Crippen molar-refractivity contribution in [2.45, 2.75) is 38.9 Å². The maximum absolute atomic E-state index is 12.2. The van der Waals surface area contributed by atoms with E-state index in [4.69, 9.17) is 9.47 Å². The van der Waals surface area contributed by atoms with Gasteiger partial charge in [0.25, 0.3) is 0 Å². The fourth-order valence-corrected chi connectivity index (χ4v) is 3.16. The lowest BCUT2D eigenvalue weighted by molar-refractivity contribution is 0.0276. The number of pyridine rings is 1. The highest BCUT2D eigenvalue weighted by Crippen LogP contribution is 2.30. The van der Waals surface area contributed by atoms with Gasteiger partial charge in [0.15, 0.2) is 0 Å². The van der Waals surface area contributed by atoms with Gasteiger partial charge in [-0.3, -0.25) is 4.98 Å². The summed E-state index contributed by atoms with van der Waals surface area (Å²) in [5, 5.41) is 1.02. The van der Waals surface area contributed by atoms with Gasteiger partial charge in [-0.05, 0) is 39.0 Å². The molecule has 3 rings (SSSR count). The second-order valence-corrected chi connectivity index (χ2v) is 7.85. The number of rotatable bonds is 2. The van der Waals surface area contributed by atoms with Crippen LogP contribution in [0.5, 0.6) is 5.75 Å². The predicted octanol–water partition coefficient (Wildman–Crippen LogP) is 4.39. The van der Waals surface area contributed by atoms with Gasteiger partial charge < -0.3 is 14.4 Å². The van der Waals surface area contributed by atoms with Crippen LogP contribution in [0.2, 0.25) is 0 Å². The number of amides is 1. The van der Waals surface area contributed by atoms with E-state index in [0.29, 0.717) is 13.1 Å². The molecule has 5 nitrogen and oxygen atoms in total. The molecule has 0 spiro atoms. The molecule has 2 aromatic rings. The second kappa shape index (κ2) is 6.59. The molecule has 1 aliphatic heterocycles. The Hall–Kier alpha value is -1.82. The molecule has 1 saturated heterocycles. The molecule has 0 saturated carbocycles. The van der Waals surface area contributed by atoms with Crippen LogP contribution in [0, 0.1) is 0 Å². The number of carbonyl (C=O) groups excluding carboxylic acids is 1. The quantitative estimate of drug-likeness (QED) is 0.760. The van der Waals surface area contributed by atoms with E-state index in [1.54, 1.807) is 11.1 Å². The minimum Gasteiger partial charge on any atom is -0.486 e. The summed E-state index contributed by atoms with van der Waals surface area (Å²) in [5.74, 6) is 0.732. The van der Waals surface area contributed by atoms with Crippen LogP contribution in [-0.4, -0.2) is 40.8 Å². The minimum absolute atomic E-state index is 0.0583. The van der Waals surface area contributed by atoms with E-state index in [-0.39, 0.29) is 12.2 Å². The summed E-state index contributed by atoms with van der Waals surface area (Å²) in [6, 6.07) is 7.84. The Labute approximate surface area is 150 Å². The molecule has 1 unspecified atom stereocenters. The molecule has 1 aliphatic rings. The lowest BCUT2D eigenvalue weighted by Crippen LogP contribution is -2.36. The standard InChI is InChI=1S/C18H21BrN2O3/c1-18(2,3)24-17(22)21-8-6-14(11-21)23-15-10-13(19)9-12-5-4-7-20-16(12)15/h4-5,7,9-10,14H,6,8,11H2,1-3H3. The van der Waals surface area contributed by atoms with Gasteiger partial charge in [0.05, 0.1) is 6.54 Å². The molecule has 1 aromatic heterocycles. The topological polar surface area (TPSA) is 51.7 Å². The van der Waals surface area contributed by atoms with E-state index in [9.17, 15) is 4.79 Å². The predicted molar refractivity (Wildman–Crippen MR) is 96.3 cm³/mol. The molecule has 1 amide bonds. The number of hydrogen-bond acceptors (Lipinski definition) is 4. The van der Waals surface area contributed by atoms with Crippen LogP contribution in [0.25, 0.3) is 10.9 Å². The number of hydrogen-bond donors (Lipinski definition) is 0. The Bertz CT molecular complexity index is 758. The summed E-state index contributed by atoms with van der Waals surface area (Å²) < 4.78 is 12.5. The number of likely N-dealkylation sites (tertiary alicyclic amines) is 1. The zero-order valence-corrected chi connectivity index (χ0v) is 15.7. The van der Waals surface area contributed by atoms with E-state index >= 15 is 0 Å². The lowest BCUT2D eigenvalue weighted by atomic mass is 10.2. The van der Waals surface area contributed by atoms with Gasteiger partial charge in [-0.1, -0.05) is 22.0 Å². The third-order valence-corrected chi connectivity index (χ3v) is 4.18. The molecule has 1 atom stereocenters. The van der Waals surface area contributed by atoms with Crippen LogP contribution in [0.4, 0.5) is 4.79 Å². The summed E-state index contributed by atoms with van der Waals surface area (Å²) in [7, 11) is 0. The maximum atomic E-state index is 12.2. The number of fused-ring (bicyclic) bond motifs is 1. The third kappa shape index (κ3) is 3.98. The average Bonchev–Trinajstić information content (AvgIpc) is 2.94. The molecule has 6 heteroatoms. The first-order valence-electron chi connectivity index (χ1n) is 8.01. The van der Waals surface area contributed by atoms with Crippen molar-refractivity contribution in [3.05, 3.63) is 34.9 Å². The van der Waals surface area contributed by atoms with E-state index in [2.05, 4.69) is 20.9 Å². The number of ether oxygens (including phenoxy) is 2. The van der Waals surface area contributed by atoms with Crippen LogP contribution in [0.3, 0.4) is 0 Å². The van der Waals surface area contributed by atoms with E-state index in [0.717, 1.165) is 27.5 Å². The van der Waals surface area contributed by atoms with Gasteiger partial charge in [0, 0.05) is 29.0 Å². The third-order valence-electron chi connectivity index (χ3n) is 3.73. The highest BCUT2D eigenvalue weighted by atomic mass is 79.9. The molecule has 2 heterocycles. The summed E-state index contributed by atoms with van der Waals surface area (Å²) in [6.45, 7) is 6.77. The Morgan fingerprint density at radius 3 is 2.92 bits per heavy atom. The maximum Gasteiger partial charge on any atom is 0.410 e. The van der Waals surface area contributed by atoms with Crippen molar-refractivity contribution in [1.82, 2.24) is 9.88 Å². The normalized spacial score (nSPS) is 18.0. The molecule has 0 N–H and O–H groups in total. The summed E-state index contributed by atoms with van der Waals surface area (Å²) >= 11 is 3.51. The van der Waals surface area contributed by atoms with Gasteiger partial charge in [-0.2, -0.15) is 0 Å². The Morgan fingerprint density at radius 1 is 1.38 bits per heavy atom. The highest BCUT2D eigenvalue weighted by Gasteiger charge is 2.31. The number of aromatic nitrogens is 1. The molecule has 1 fully saturated rings. The molecular formula is C18H21BrN2O3. The Kier molecular flexibility index (Phi) is 4.67. The van der Waals surface area contributed by atoms with Gasteiger partial charge in [0.2, 0.25) is 0 Å². The largest absolute Gasteiger partial charge is 0.486 e. The zero-order chi connectivity index (χ0) is 17.3. The van der Waals surface area contributed by atoms with Crippen molar-refractivity contribution in [3.8, 4) is 5.75 Å². The zero-order valence-electron chi connectivity index (χ0n) is 14.1. The Morgan fingerprint density at radius 2 is 2.17 bits per heavy atom. The van der Waals surface area contributed by atoms with Crippen molar-refractivity contribution in [2.75, 3.05) is 13.1 Å². The van der Waals surface area contributed by atoms with Crippen LogP contribution >= 0.6 is 15.9 Å². The fourth-order valence-electron chi connectivity index (χ4n) is 2.71. The van der Waals surface area contributed by atoms with Crippen molar-refractivity contribution in [1.29, 1.82) is 0 Å².